The zero-order valence-electron chi connectivity index (χ0n) is 31.7. The van der Waals surface area contributed by atoms with Crippen LogP contribution in [0.25, 0.3) is 77.2 Å². The number of nitrogens with one attached hydrogen (secondary N) is 2. The van der Waals surface area contributed by atoms with Gasteiger partial charge in [-0.05, 0) is 108 Å². The minimum Gasteiger partial charge on any atom is -0.355 e. The number of hydrogen-bond acceptors (Lipinski definition) is 2. The number of nitrogens with zero attached hydrogens (tertiary/aromatic N) is 2. The summed E-state index contributed by atoms with van der Waals surface area (Å²) in [5.74, 6) is 0. The van der Waals surface area contributed by atoms with Crippen LogP contribution in [-0.4, -0.2) is 9.13 Å². The first-order valence-electron chi connectivity index (χ1n) is 19.8. The molecule has 2 N–H and O–H groups in total. The first-order valence-corrected chi connectivity index (χ1v) is 19.8. The Labute approximate surface area is 336 Å². The van der Waals surface area contributed by atoms with E-state index in [1.54, 1.807) is 0 Å². The Balaban J connectivity index is 1.16. The van der Waals surface area contributed by atoms with E-state index in [2.05, 4.69) is 238 Å². The minimum atomic E-state index is 1.02. The van der Waals surface area contributed by atoms with Crippen molar-refractivity contribution in [3.05, 3.63) is 218 Å². The van der Waals surface area contributed by atoms with Gasteiger partial charge in [0.05, 0.1) is 22.1 Å². The maximum atomic E-state index is 3.82. The van der Waals surface area contributed by atoms with Crippen LogP contribution in [0.5, 0.6) is 0 Å². The second-order valence-electron chi connectivity index (χ2n) is 14.8. The number of fused-ring (bicyclic) bond motifs is 6. The molecule has 274 valence electrons. The van der Waals surface area contributed by atoms with Crippen LogP contribution in [0.4, 0.5) is 22.7 Å². The Morgan fingerprint density at radius 3 is 1.07 bits per heavy atom. The summed E-state index contributed by atoms with van der Waals surface area (Å²) in [6.45, 7) is 0. The lowest BCUT2D eigenvalue weighted by atomic mass is 9.93. The van der Waals surface area contributed by atoms with Crippen molar-refractivity contribution in [1.82, 2.24) is 9.13 Å². The smallest absolute Gasteiger partial charge is 0.0541 e. The van der Waals surface area contributed by atoms with Crippen LogP contribution in [0.1, 0.15) is 0 Å². The van der Waals surface area contributed by atoms with Crippen molar-refractivity contribution in [2.75, 3.05) is 10.6 Å². The first-order chi connectivity index (χ1) is 28.8. The average molecular weight is 743 g/mol. The van der Waals surface area contributed by atoms with E-state index in [0.717, 1.165) is 56.4 Å². The van der Waals surface area contributed by atoms with Crippen LogP contribution in [0.3, 0.4) is 0 Å². The summed E-state index contributed by atoms with van der Waals surface area (Å²) < 4.78 is 4.74. The van der Waals surface area contributed by atoms with E-state index in [0.29, 0.717) is 0 Å². The molecule has 2 aromatic heterocycles. The van der Waals surface area contributed by atoms with E-state index in [9.17, 15) is 0 Å². The monoisotopic (exact) mass is 742 g/mol. The molecule has 2 heterocycles. The van der Waals surface area contributed by atoms with Crippen molar-refractivity contribution in [3.8, 4) is 33.6 Å². The van der Waals surface area contributed by atoms with Crippen LogP contribution in [0.15, 0.2) is 218 Å². The molecular weight excluding hydrogens is 705 g/mol. The van der Waals surface area contributed by atoms with E-state index in [1.165, 1.54) is 43.6 Å². The van der Waals surface area contributed by atoms with Crippen molar-refractivity contribution in [2.45, 2.75) is 0 Å². The molecule has 0 saturated carbocycles. The van der Waals surface area contributed by atoms with E-state index >= 15 is 0 Å². The lowest BCUT2D eigenvalue weighted by Gasteiger charge is -2.20. The predicted molar refractivity (Wildman–Crippen MR) is 245 cm³/mol. The number of anilines is 4. The summed E-state index contributed by atoms with van der Waals surface area (Å²) in [5, 5.41) is 12.5. The predicted octanol–water partition coefficient (Wildman–Crippen LogP) is 14.7. The van der Waals surface area contributed by atoms with Gasteiger partial charge < -0.3 is 19.8 Å². The number of benzene rings is 9. The lowest BCUT2D eigenvalue weighted by Crippen LogP contribution is -1.99. The normalized spacial score (nSPS) is 11.4. The van der Waals surface area contributed by atoms with Crippen molar-refractivity contribution < 1.29 is 0 Å². The van der Waals surface area contributed by atoms with E-state index < -0.39 is 0 Å². The van der Waals surface area contributed by atoms with E-state index in [4.69, 9.17) is 0 Å². The highest BCUT2D eigenvalue weighted by Crippen LogP contribution is 2.44. The van der Waals surface area contributed by atoms with Gasteiger partial charge >= 0.3 is 0 Å². The van der Waals surface area contributed by atoms with Gasteiger partial charge in [-0.1, -0.05) is 121 Å². The van der Waals surface area contributed by atoms with Crippen LogP contribution >= 0.6 is 0 Å². The van der Waals surface area contributed by atoms with Crippen LogP contribution in [-0.2, 0) is 0 Å². The fourth-order valence-corrected chi connectivity index (χ4v) is 8.63. The summed E-state index contributed by atoms with van der Waals surface area (Å²) in [5.41, 5.74) is 15.6. The standard InChI is InChI=1S/C54H38N4/c1-5-17-39(18-6-1)55-49-36-50(56-40-19-7-2-8-20-40)46(38-30-32-54-48(34-38)44-26-14-16-28-52(44)58(54)42-23-11-4-12-24-42)35-45(49)37-29-31-53-47(33-37)43-25-13-15-27-51(43)57(53)41-21-9-3-10-22-41/h1-36,55-56H. The Hall–Kier alpha value is -7.82. The third kappa shape index (κ3) is 5.78. The quantitative estimate of drug-likeness (QED) is 0.163. The van der Waals surface area contributed by atoms with Crippen LogP contribution in [0.2, 0.25) is 0 Å². The first kappa shape index (κ1) is 33.5. The molecule has 0 saturated heterocycles. The van der Waals surface area contributed by atoms with Crippen molar-refractivity contribution >= 4 is 66.4 Å². The second-order valence-corrected chi connectivity index (χ2v) is 14.8. The summed E-state index contributed by atoms with van der Waals surface area (Å²) >= 11 is 0. The molecule has 4 nitrogen and oxygen atoms in total. The van der Waals surface area contributed by atoms with Gasteiger partial charge in [0.2, 0.25) is 0 Å². The van der Waals surface area contributed by atoms with Crippen molar-refractivity contribution in [3.63, 3.8) is 0 Å². The molecule has 0 aliphatic heterocycles. The van der Waals surface area contributed by atoms with Gasteiger partial charge in [0.25, 0.3) is 0 Å². The number of para-hydroxylation sites is 6. The molecule has 0 bridgehead atoms. The number of hydrogen-bond donors (Lipinski definition) is 2. The van der Waals surface area contributed by atoms with Gasteiger partial charge in [0, 0.05) is 66.8 Å². The average Bonchev–Trinajstić information content (AvgIpc) is 3.80. The Morgan fingerprint density at radius 2 is 0.638 bits per heavy atom. The van der Waals surface area contributed by atoms with E-state index in [-0.39, 0.29) is 0 Å². The number of aromatic nitrogens is 2. The molecule has 0 amide bonds. The summed E-state index contributed by atoms with van der Waals surface area (Å²) in [6.07, 6.45) is 0. The van der Waals surface area contributed by atoms with Gasteiger partial charge in [-0.2, -0.15) is 0 Å². The minimum absolute atomic E-state index is 1.02. The molecule has 0 aliphatic rings. The zero-order valence-corrected chi connectivity index (χ0v) is 31.7. The Bertz CT molecular complexity index is 3040. The van der Waals surface area contributed by atoms with Crippen molar-refractivity contribution in [1.29, 1.82) is 0 Å². The fourth-order valence-electron chi connectivity index (χ4n) is 8.63. The molecule has 0 fully saturated rings. The van der Waals surface area contributed by atoms with Crippen molar-refractivity contribution in [2.24, 2.45) is 0 Å². The van der Waals surface area contributed by atoms with Gasteiger partial charge in [0.1, 0.15) is 0 Å². The maximum absolute atomic E-state index is 3.82. The molecule has 11 rings (SSSR count). The Kier molecular flexibility index (Phi) is 8.11. The fraction of sp³-hybridized carbons (Fsp3) is 0. The lowest BCUT2D eigenvalue weighted by molar-refractivity contribution is 1.18. The van der Waals surface area contributed by atoms with Gasteiger partial charge in [0.15, 0.2) is 0 Å². The maximum Gasteiger partial charge on any atom is 0.0541 e. The third-order valence-corrected chi connectivity index (χ3v) is 11.3. The number of rotatable bonds is 8. The summed E-state index contributed by atoms with van der Waals surface area (Å²) in [4.78, 5) is 0. The Morgan fingerprint density at radius 1 is 0.276 bits per heavy atom. The van der Waals surface area contributed by atoms with E-state index in [1.807, 2.05) is 0 Å². The third-order valence-electron chi connectivity index (χ3n) is 11.3. The zero-order chi connectivity index (χ0) is 38.4. The highest BCUT2D eigenvalue weighted by molar-refractivity contribution is 6.12. The summed E-state index contributed by atoms with van der Waals surface area (Å²) in [6, 6.07) is 78.1. The highest BCUT2D eigenvalue weighted by atomic mass is 15.0. The molecule has 58 heavy (non-hydrogen) atoms. The molecule has 11 aromatic rings. The molecule has 0 spiro atoms. The van der Waals surface area contributed by atoms with Crippen LogP contribution in [0, 0.1) is 0 Å². The van der Waals surface area contributed by atoms with Crippen LogP contribution < -0.4 is 10.6 Å². The highest BCUT2D eigenvalue weighted by Gasteiger charge is 2.19. The topological polar surface area (TPSA) is 33.9 Å². The largest absolute Gasteiger partial charge is 0.355 e. The van der Waals surface area contributed by atoms with Gasteiger partial charge in [-0.15, -0.1) is 0 Å². The second kappa shape index (κ2) is 14.0. The van der Waals surface area contributed by atoms with Gasteiger partial charge in [-0.3, -0.25) is 0 Å². The molecule has 0 radical (unpaired) electrons. The molecular formula is C54H38N4. The van der Waals surface area contributed by atoms with Gasteiger partial charge in [-0.25, -0.2) is 0 Å². The SMILES string of the molecule is c1ccc(Nc2cc(Nc3ccccc3)c(-c3ccc4c(c3)c3ccccc3n4-c3ccccc3)cc2-c2ccc3c(c2)c2ccccc2n3-c2ccccc2)cc1. The molecule has 4 heteroatoms. The molecule has 0 atom stereocenters. The molecule has 0 unspecified atom stereocenters. The summed E-state index contributed by atoms with van der Waals surface area (Å²) in [7, 11) is 0. The molecule has 9 aromatic carbocycles. The molecule has 0 aliphatic carbocycles.